The van der Waals surface area contributed by atoms with E-state index in [1.54, 1.807) is 32.3 Å². The minimum absolute atomic E-state index is 0.150. The number of aromatic nitrogens is 5. The second-order valence-electron chi connectivity index (χ2n) is 6.03. The number of Topliss-reactive ketones (excluding diaryl/α,β-unsaturated/α-hetero) is 1. The Hall–Kier alpha value is -2.88. The van der Waals surface area contributed by atoms with Crippen molar-refractivity contribution in [2.75, 3.05) is 14.1 Å². The molecule has 3 aromatic rings. The summed E-state index contributed by atoms with van der Waals surface area (Å²) >= 11 is 1.00. The van der Waals surface area contributed by atoms with E-state index in [1.807, 2.05) is 0 Å². The summed E-state index contributed by atoms with van der Waals surface area (Å²) in [5.74, 6) is -0.972. The van der Waals surface area contributed by atoms with Crippen molar-refractivity contribution in [3.8, 4) is 0 Å². The zero-order valence-electron chi connectivity index (χ0n) is 15.0. The highest BCUT2D eigenvalue weighted by Crippen LogP contribution is 2.28. The van der Waals surface area contributed by atoms with Gasteiger partial charge in [0, 0.05) is 19.7 Å². The second-order valence-corrected chi connectivity index (χ2v) is 7.12. The summed E-state index contributed by atoms with van der Waals surface area (Å²) in [5.41, 5.74) is 1.20. The second kappa shape index (κ2) is 7.78. The third kappa shape index (κ3) is 3.95. The number of halogens is 1. The van der Waals surface area contributed by atoms with E-state index in [-0.39, 0.29) is 24.1 Å². The van der Waals surface area contributed by atoms with Crippen LogP contribution in [0.3, 0.4) is 0 Å². The molecule has 1 amide bonds. The minimum Gasteiger partial charge on any atom is -0.347 e. The number of thioether (sulfide) groups is 1. The Balaban J connectivity index is 1.95. The molecule has 1 aromatic carbocycles. The number of hydrogen-bond donors (Lipinski definition) is 0. The lowest BCUT2D eigenvalue weighted by Crippen LogP contribution is -2.36. The van der Waals surface area contributed by atoms with Crippen LogP contribution in [-0.2, 0) is 16.1 Å². The highest BCUT2D eigenvalue weighted by Gasteiger charge is 2.28. The summed E-state index contributed by atoms with van der Waals surface area (Å²) < 4.78 is 15.4. The first-order valence-electron chi connectivity index (χ1n) is 8.04. The molecule has 8 nitrogen and oxygen atoms in total. The van der Waals surface area contributed by atoms with Crippen molar-refractivity contribution < 1.29 is 14.0 Å². The van der Waals surface area contributed by atoms with Gasteiger partial charge in [-0.3, -0.25) is 9.59 Å². The molecule has 0 saturated carbocycles. The molecule has 0 aliphatic carbocycles. The van der Waals surface area contributed by atoms with Gasteiger partial charge in [0.15, 0.2) is 16.9 Å². The molecule has 0 bridgehead atoms. The predicted octanol–water partition coefficient (Wildman–Crippen LogP) is 1.55. The molecule has 27 heavy (non-hydrogen) atoms. The van der Waals surface area contributed by atoms with Gasteiger partial charge in [-0.1, -0.05) is 35.2 Å². The van der Waals surface area contributed by atoms with Gasteiger partial charge in [0.2, 0.25) is 5.91 Å². The monoisotopic (exact) mass is 388 g/mol. The summed E-state index contributed by atoms with van der Waals surface area (Å²) in [7, 11) is 3.16. The van der Waals surface area contributed by atoms with Crippen LogP contribution in [0.25, 0.3) is 11.2 Å². The molecule has 0 N–H and O–H groups in total. The molecule has 0 saturated heterocycles. The van der Waals surface area contributed by atoms with Gasteiger partial charge in [0.25, 0.3) is 0 Å². The molecule has 10 heteroatoms. The first kappa shape index (κ1) is 18.9. The Morgan fingerprint density at radius 2 is 2.00 bits per heavy atom. The van der Waals surface area contributed by atoms with Crippen LogP contribution in [0.5, 0.6) is 0 Å². The Labute approximate surface area is 158 Å². The van der Waals surface area contributed by atoms with E-state index in [0.29, 0.717) is 21.8 Å². The Bertz CT molecular complexity index is 1010. The maximum atomic E-state index is 13.9. The van der Waals surface area contributed by atoms with Crippen molar-refractivity contribution in [2.24, 2.45) is 0 Å². The minimum atomic E-state index is -0.935. The fourth-order valence-corrected chi connectivity index (χ4v) is 3.46. The van der Waals surface area contributed by atoms with Gasteiger partial charge in [0.1, 0.15) is 22.4 Å². The number of carbonyl (C=O) groups excluding carboxylic acids is 2. The molecule has 2 aromatic heterocycles. The van der Waals surface area contributed by atoms with Crippen LogP contribution < -0.4 is 0 Å². The zero-order chi connectivity index (χ0) is 19.6. The lowest BCUT2D eigenvalue weighted by atomic mass is 10.2. The molecule has 3 rings (SSSR count). The fraction of sp³-hybridized carbons (Fsp3) is 0.294. The number of hydrogen-bond acceptors (Lipinski definition) is 7. The van der Waals surface area contributed by atoms with E-state index in [1.165, 1.54) is 28.9 Å². The number of nitrogens with zero attached hydrogens (tertiary/aromatic N) is 6. The van der Waals surface area contributed by atoms with Crippen LogP contribution in [0.2, 0.25) is 0 Å². The summed E-state index contributed by atoms with van der Waals surface area (Å²) in [4.78, 5) is 33.9. The number of benzene rings is 1. The average molecular weight is 388 g/mol. The maximum Gasteiger partial charge on any atom is 0.243 e. The van der Waals surface area contributed by atoms with Gasteiger partial charge in [-0.05, 0) is 13.0 Å². The first-order valence-corrected chi connectivity index (χ1v) is 8.92. The summed E-state index contributed by atoms with van der Waals surface area (Å²) in [6.45, 7) is 1.50. The topological polar surface area (TPSA) is 93.9 Å². The van der Waals surface area contributed by atoms with E-state index in [9.17, 15) is 14.0 Å². The van der Waals surface area contributed by atoms with Crippen LogP contribution >= 0.6 is 11.8 Å². The Kier molecular flexibility index (Phi) is 5.45. The molecule has 0 unspecified atom stereocenters. The maximum absolute atomic E-state index is 13.9. The van der Waals surface area contributed by atoms with Crippen molar-refractivity contribution in [1.82, 2.24) is 29.9 Å². The molecular weight excluding hydrogens is 371 g/mol. The van der Waals surface area contributed by atoms with Gasteiger partial charge >= 0.3 is 0 Å². The van der Waals surface area contributed by atoms with E-state index >= 15 is 0 Å². The normalized spacial score (nSPS) is 12.1. The Morgan fingerprint density at radius 1 is 1.26 bits per heavy atom. The number of rotatable bonds is 6. The molecule has 0 aliphatic heterocycles. The highest BCUT2D eigenvalue weighted by atomic mass is 32.2. The van der Waals surface area contributed by atoms with Crippen molar-refractivity contribution in [3.63, 3.8) is 0 Å². The SMILES string of the molecule is CC(=O)[C@H](Sc1ncnc2c1nnn2Cc1ccccc1F)C(=O)N(C)C. The summed E-state index contributed by atoms with van der Waals surface area (Å²) in [6, 6.07) is 6.37. The quantitative estimate of drug-likeness (QED) is 0.359. The van der Waals surface area contributed by atoms with E-state index in [4.69, 9.17) is 0 Å². The van der Waals surface area contributed by atoms with Gasteiger partial charge in [0.05, 0.1) is 6.54 Å². The molecule has 0 aliphatic rings. The largest absolute Gasteiger partial charge is 0.347 e. The van der Waals surface area contributed by atoms with E-state index in [2.05, 4.69) is 20.3 Å². The van der Waals surface area contributed by atoms with E-state index < -0.39 is 5.25 Å². The number of ketones is 1. The fourth-order valence-electron chi connectivity index (χ4n) is 2.41. The van der Waals surface area contributed by atoms with Crippen LogP contribution in [0.15, 0.2) is 35.6 Å². The standard InChI is InChI=1S/C17H17FN6O2S/c1-10(25)14(17(26)23(2)3)27-16-13-15(19-9-20-16)24(22-21-13)8-11-6-4-5-7-12(11)18/h4-7,9,14H,8H2,1-3H3/t14-/m0/s1. The third-order valence-corrected chi connectivity index (χ3v) is 5.10. The molecule has 140 valence electrons. The van der Waals surface area contributed by atoms with Crippen LogP contribution in [-0.4, -0.2) is 60.9 Å². The third-order valence-electron chi connectivity index (χ3n) is 3.81. The molecule has 2 heterocycles. The summed E-state index contributed by atoms with van der Waals surface area (Å²) in [6.07, 6.45) is 1.31. The van der Waals surface area contributed by atoms with Gasteiger partial charge < -0.3 is 4.90 Å². The van der Waals surface area contributed by atoms with Crippen molar-refractivity contribution in [2.45, 2.75) is 23.7 Å². The number of fused-ring (bicyclic) bond motifs is 1. The highest BCUT2D eigenvalue weighted by molar-refractivity contribution is 8.01. The van der Waals surface area contributed by atoms with Gasteiger partial charge in [-0.25, -0.2) is 19.0 Å². The Morgan fingerprint density at radius 3 is 2.67 bits per heavy atom. The molecule has 0 fully saturated rings. The first-order chi connectivity index (χ1) is 12.9. The van der Waals surface area contributed by atoms with Crippen molar-refractivity contribution in [3.05, 3.63) is 42.0 Å². The lowest BCUT2D eigenvalue weighted by Gasteiger charge is -2.17. The van der Waals surface area contributed by atoms with E-state index in [0.717, 1.165) is 11.8 Å². The average Bonchev–Trinajstić information content (AvgIpc) is 3.04. The van der Waals surface area contributed by atoms with Crippen LogP contribution in [0, 0.1) is 5.82 Å². The predicted molar refractivity (Wildman–Crippen MR) is 97.6 cm³/mol. The number of carbonyl (C=O) groups is 2. The summed E-state index contributed by atoms with van der Waals surface area (Å²) in [5, 5.41) is 7.53. The zero-order valence-corrected chi connectivity index (χ0v) is 15.8. The molecule has 1 atom stereocenters. The number of amides is 1. The smallest absolute Gasteiger partial charge is 0.243 e. The van der Waals surface area contributed by atoms with Gasteiger partial charge in [-0.15, -0.1) is 5.10 Å². The van der Waals surface area contributed by atoms with Crippen molar-refractivity contribution in [1.29, 1.82) is 0 Å². The molecule has 0 radical (unpaired) electrons. The molecule has 0 spiro atoms. The van der Waals surface area contributed by atoms with Crippen molar-refractivity contribution >= 4 is 34.6 Å². The van der Waals surface area contributed by atoms with Crippen LogP contribution in [0.1, 0.15) is 12.5 Å². The van der Waals surface area contributed by atoms with Crippen LogP contribution in [0.4, 0.5) is 4.39 Å². The molecular formula is C17H17FN6O2S. The van der Waals surface area contributed by atoms with Gasteiger partial charge in [-0.2, -0.15) is 0 Å². The lowest BCUT2D eigenvalue weighted by molar-refractivity contribution is -0.132.